The standard InChI is InChI=1S/C19H22ClN3O3/c1-26-16-7-12(6-14(20)18(16)24)9-23-5-4-13-15(10-23)21-17(22-19(13)25)8-11-2-3-11/h6-7,11,24H,2-5,8-10H2,1H3,(H,21,22,25). The van der Waals surface area contributed by atoms with Crippen molar-refractivity contribution < 1.29 is 9.84 Å². The van der Waals surface area contributed by atoms with E-state index in [1.807, 2.05) is 0 Å². The van der Waals surface area contributed by atoms with E-state index in [4.69, 9.17) is 21.3 Å². The summed E-state index contributed by atoms with van der Waals surface area (Å²) in [4.78, 5) is 22.3. The van der Waals surface area contributed by atoms with Crippen LogP contribution in [0.1, 0.15) is 35.5 Å². The number of aromatic nitrogens is 2. The predicted molar refractivity (Wildman–Crippen MR) is 98.8 cm³/mol. The predicted octanol–water partition coefficient (Wildman–Crippen LogP) is 2.65. The third-order valence-corrected chi connectivity index (χ3v) is 5.38. The molecule has 1 aromatic carbocycles. The smallest absolute Gasteiger partial charge is 0.254 e. The van der Waals surface area contributed by atoms with Crippen molar-refractivity contribution in [1.82, 2.24) is 14.9 Å². The first-order valence-corrected chi connectivity index (χ1v) is 9.30. The summed E-state index contributed by atoms with van der Waals surface area (Å²) in [5.41, 5.74) is 2.66. The Labute approximate surface area is 156 Å². The molecule has 0 unspecified atom stereocenters. The molecule has 0 bridgehead atoms. The molecule has 0 amide bonds. The van der Waals surface area contributed by atoms with Crippen LogP contribution in [0.25, 0.3) is 0 Å². The van der Waals surface area contributed by atoms with Crippen LogP contribution in [0.2, 0.25) is 5.02 Å². The molecule has 1 saturated carbocycles. The van der Waals surface area contributed by atoms with Gasteiger partial charge in [-0.3, -0.25) is 9.69 Å². The van der Waals surface area contributed by atoms with Gasteiger partial charge in [-0.1, -0.05) is 11.6 Å². The fourth-order valence-electron chi connectivity index (χ4n) is 3.50. The molecule has 1 aliphatic carbocycles. The Morgan fingerprint density at radius 3 is 2.96 bits per heavy atom. The summed E-state index contributed by atoms with van der Waals surface area (Å²) in [6.45, 7) is 2.07. The fraction of sp³-hybridized carbons (Fsp3) is 0.474. The Morgan fingerprint density at radius 1 is 1.42 bits per heavy atom. The van der Waals surface area contributed by atoms with Crippen molar-refractivity contribution in [3.63, 3.8) is 0 Å². The largest absolute Gasteiger partial charge is 0.503 e. The molecule has 138 valence electrons. The number of ether oxygens (including phenoxy) is 1. The van der Waals surface area contributed by atoms with Crippen LogP contribution in [0.15, 0.2) is 16.9 Å². The van der Waals surface area contributed by atoms with E-state index in [9.17, 15) is 9.90 Å². The lowest BCUT2D eigenvalue weighted by Gasteiger charge is -2.28. The minimum absolute atomic E-state index is 0.0136. The molecule has 0 spiro atoms. The van der Waals surface area contributed by atoms with Gasteiger partial charge in [0, 0.05) is 31.6 Å². The van der Waals surface area contributed by atoms with Crippen LogP contribution in [0.4, 0.5) is 0 Å². The lowest BCUT2D eigenvalue weighted by molar-refractivity contribution is 0.239. The Hall–Kier alpha value is -2.05. The van der Waals surface area contributed by atoms with Crippen molar-refractivity contribution in [3.05, 3.63) is 50.2 Å². The second-order valence-corrected chi connectivity index (χ2v) is 7.58. The fourth-order valence-corrected chi connectivity index (χ4v) is 3.74. The highest BCUT2D eigenvalue weighted by molar-refractivity contribution is 6.32. The van der Waals surface area contributed by atoms with Gasteiger partial charge in [-0.2, -0.15) is 0 Å². The van der Waals surface area contributed by atoms with E-state index in [1.54, 1.807) is 12.1 Å². The number of hydrogen-bond donors (Lipinski definition) is 2. The number of hydrogen-bond acceptors (Lipinski definition) is 5. The molecule has 6 nitrogen and oxygen atoms in total. The minimum atomic E-state index is -0.0418. The maximum atomic E-state index is 12.3. The van der Waals surface area contributed by atoms with E-state index >= 15 is 0 Å². The maximum Gasteiger partial charge on any atom is 0.254 e. The summed E-state index contributed by atoms with van der Waals surface area (Å²) in [7, 11) is 1.50. The van der Waals surface area contributed by atoms with Crippen molar-refractivity contribution in [2.75, 3.05) is 13.7 Å². The number of fused-ring (bicyclic) bond motifs is 1. The quantitative estimate of drug-likeness (QED) is 0.840. The molecule has 0 atom stereocenters. The van der Waals surface area contributed by atoms with Gasteiger partial charge in [0.1, 0.15) is 5.82 Å². The molecule has 2 aromatic rings. The first kappa shape index (κ1) is 17.4. The lowest BCUT2D eigenvalue weighted by Crippen LogP contribution is -2.35. The lowest BCUT2D eigenvalue weighted by atomic mass is 10.0. The number of nitrogens with one attached hydrogen (secondary N) is 1. The number of phenols is 1. The number of methoxy groups -OCH3 is 1. The Morgan fingerprint density at radius 2 is 2.23 bits per heavy atom. The topological polar surface area (TPSA) is 78.5 Å². The summed E-state index contributed by atoms with van der Waals surface area (Å²) < 4.78 is 5.18. The van der Waals surface area contributed by atoms with E-state index in [-0.39, 0.29) is 16.3 Å². The van der Waals surface area contributed by atoms with E-state index in [2.05, 4.69) is 9.88 Å². The number of aromatic amines is 1. The molecule has 0 radical (unpaired) electrons. The first-order chi connectivity index (χ1) is 12.5. The number of benzene rings is 1. The third kappa shape index (κ3) is 3.57. The van der Waals surface area contributed by atoms with Crippen LogP contribution in [0.5, 0.6) is 11.5 Å². The molecule has 2 heterocycles. The van der Waals surface area contributed by atoms with Gasteiger partial charge in [-0.15, -0.1) is 0 Å². The zero-order valence-corrected chi connectivity index (χ0v) is 15.5. The first-order valence-electron chi connectivity index (χ1n) is 8.92. The number of aromatic hydroxyl groups is 1. The van der Waals surface area contributed by atoms with E-state index in [1.165, 1.54) is 20.0 Å². The van der Waals surface area contributed by atoms with Gasteiger partial charge >= 0.3 is 0 Å². The summed E-state index contributed by atoms with van der Waals surface area (Å²) in [6.07, 6.45) is 4.02. The maximum absolute atomic E-state index is 12.3. The second-order valence-electron chi connectivity index (χ2n) is 7.17. The monoisotopic (exact) mass is 375 g/mol. The molecule has 1 fully saturated rings. The SMILES string of the molecule is COc1cc(CN2CCc3c(nc(CC4CC4)[nH]c3=O)C2)cc(Cl)c1O. The number of phenolic OH excluding ortho intramolecular Hbond substituents is 1. The van der Waals surface area contributed by atoms with Crippen molar-refractivity contribution in [2.45, 2.75) is 38.8 Å². The molecule has 26 heavy (non-hydrogen) atoms. The molecular weight excluding hydrogens is 354 g/mol. The summed E-state index contributed by atoms with van der Waals surface area (Å²) in [5.74, 6) is 1.82. The van der Waals surface area contributed by atoms with E-state index < -0.39 is 0 Å². The molecule has 1 aromatic heterocycles. The second kappa shape index (κ2) is 6.93. The van der Waals surface area contributed by atoms with Crippen molar-refractivity contribution in [2.24, 2.45) is 5.92 Å². The number of H-pyrrole nitrogens is 1. The molecular formula is C19H22ClN3O3. The van der Waals surface area contributed by atoms with Crippen LogP contribution in [-0.2, 0) is 25.9 Å². The molecule has 0 saturated heterocycles. The average molecular weight is 376 g/mol. The van der Waals surface area contributed by atoms with Crippen LogP contribution in [0.3, 0.4) is 0 Å². The molecule has 7 heteroatoms. The van der Waals surface area contributed by atoms with Crippen LogP contribution in [0, 0.1) is 5.92 Å². The Kier molecular flexibility index (Phi) is 4.63. The molecule has 2 aliphatic rings. The normalized spacial score (nSPS) is 17.2. The van der Waals surface area contributed by atoms with Gasteiger partial charge in [0.15, 0.2) is 11.5 Å². The molecule has 1 aliphatic heterocycles. The summed E-state index contributed by atoms with van der Waals surface area (Å²) in [6, 6.07) is 3.54. The van der Waals surface area contributed by atoms with E-state index in [0.29, 0.717) is 31.2 Å². The van der Waals surface area contributed by atoms with Gasteiger partial charge < -0.3 is 14.8 Å². The summed E-state index contributed by atoms with van der Waals surface area (Å²) >= 11 is 6.09. The summed E-state index contributed by atoms with van der Waals surface area (Å²) in [5, 5.41) is 10.2. The molecule has 2 N–H and O–H groups in total. The van der Waals surface area contributed by atoms with E-state index in [0.717, 1.165) is 35.6 Å². The van der Waals surface area contributed by atoms with Gasteiger partial charge in [0.2, 0.25) is 0 Å². The number of halogens is 1. The third-order valence-electron chi connectivity index (χ3n) is 5.09. The minimum Gasteiger partial charge on any atom is -0.503 e. The Bertz CT molecular complexity index is 892. The van der Waals surface area contributed by atoms with Gasteiger partial charge in [-0.05, 0) is 42.9 Å². The molecule has 4 rings (SSSR count). The highest BCUT2D eigenvalue weighted by atomic mass is 35.5. The zero-order valence-electron chi connectivity index (χ0n) is 14.7. The van der Waals surface area contributed by atoms with Crippen LogP contribution >= 0.6 is 11.6 Å². The van der Waals surface area contributed by atoms with Gasteiger partial charge in [0.05, 0.1) is 17.8 Å². The van der Waals surface area contributed by atoms with Crippen LogP contribution in [-0.4, -0.2) is 33.6 Å². The van der Waals surface area contributed by atoms with Gasteiger partial charge in [0.25, 0.3) is 5.56 Å². The van der Waals surface area contributed by atoms with Crippen molar-refractivity contribution >= 4 is 11.6 Å². The Balaban J connectivity index is 1.53. The highest BCUT2D eigenvalue weighted by Crippen LogP contribution is 2.35. The average Bonchev–Trinajstić information content (AvgIpc) is 3.41. The van der Waals surface area contributed by atoms with Crippen LogP contribution < -0.4 is 10.3 Å². The van der Waals surface area contributed by atoms with Crippen molar-refractivity contribution in [3.8, 4) is 11.5 Å². The number of nitrogens with zero attached hydrogens (tertiary/aromatic N) is 2. The van der Waals surface area contributed by atoms with Crippen molar-refractivity contribution in [1.29, 1.82) is 0 Å². The zero-order chi connectivity index (χ0) is 18.3. The van der Waals surface area contributed by atoms with Gasteiger partial charge in [-0.25, -0.2) is 4.98 Å². The number of rotatable bonds is 5. The highest BCUT2D eigenvalue weighted by Gasteiger charge is 2.25.